The summed E-state index contributed by atoms with van der Waals surface area (Å²) in [4.78, 5) is 28.6. The molecule has 0 bridgehead atoms. The van der Waals surface area contributed by atoms with E-state index in [-0.39, 0.29) is 41.6 Å². The van der Waals surface area contributed by atoms with E-state index in [9.17, 15) is 13.2 Å². The maximum atomic E-state index is 15.6. The fraction of sp³-hybridized carbons (Fsp3) is 0.355. The second-order valence-electron chi connectivity index (χ2n) is 11.6. The molecule has 43 heavy (non-hydrogen) atoms. The standard InChI is InChI=1S/C31H33FN6O4S/c1-18(2)33-9-10-42-29-26(37-43(4,40)41)11-19(16-36-29)21-12-22-25(13-23(21)32)35-17-27-28(22)31(30(39)38(27)3)14-20(15-31)24-7-5-6-8-34-24/h5-8,11-13,16-18,20,33,37H,9-10,14-15H2,1-4H3. The van der Waals surface area contributed by atoms with Crippen molar-refractivity contribution < 1.29 is 22.3 Å². The van der Waals surface area contributed by atoms with Gasteiger partial charge in [-0.1, -0.05) is 19.9 Å². The number of halogens is 1. The smallest absolute Gasteiger partial charge is 0.238 e. The van der Waals surface area contributed by atoms with E-state index >= 15 is 4.39 Å². The average Bonchev–Trinajstić information content (AvgIpc) is 3.16. The van der Waals surface area contributed by atoms with Gasteiger partial charge in [0.15, 0.2) is 0 Å². The number of nitrogens with zero attached hydrogens (tertiary/aromatic N) is 4. The van der Waals surface area contributed by atoms with Gasteiger partial charge in [-0.05, 0) is 37.1 Å². The van der Waals surface area contributed by atoms with E-state index < -0.39 is 21.3 Å². The number of pyridine rings is 3. The molecule has 224 valence electrons. The van der Waals surface area contributed by atoms with Crippen LogP contribution in [0.4, 0.5) is 15.8 Å². The van der Waals surface area contributed by atoms with Crippen LogP contribution in [0.3, 0.4) is 0 Å². The molecule has 10 nitrogen and oxygen atoms in total. The van der Waals surface area contributed by atoms with Crippen molar-refractivity contribution in [2.45, 2.75) is 44.1 Å². The molecule has 3 aromatic heterocycles. The molecule has 0 atom stereocenters. The number of rotatable bonds is 9. The number of anilines is 2. The molecule has 1 spiro atoms. The molecule has 2 aliphatic rings. The van der Waals surface area contributed by atoms with Gasteiger partial charge in [0.2, 0.25) is 21.8 Å². The van der Waals surface area contributed by atoms with Crippen LogP contribution < -0.4 is 19.7 Å². The van der Waals surface area contributed by atoms with E-state index in [1.54, 1.807) is 30.4 Å². The van der Waals surface area contributed by atoms with E-state index in [0.717, 1.165) is 17.5 Å². The van der Waals surface area contributed by atoms with Gasteiger partial charge in [-0.15, -0.1) is 0 Å². The van der Waals surface area contributed by atoms with Crippen LogP contribution in [0.15, 0.2) is 55.0 Å². The number of carbonyl (C=O) groups excluding carboxylic acids is 1. The number of hydrogen-bond donors (Lipinski definition) is 2. The van der Waals surface area contributed by atoms with Gasteiger partial charge < -0.3 is 15.0 Å². The Morgan fingerprint density at radius 2 is 1.93 bits per heavy atom. The van der Waals surface area contributed by atoms with Crippen molar-refractivity contribution in [3.63, 3.8) is 0 Å². The minimum Gasteiger partial charge on any atom is -0.475 e. The van der Waals surface area contributed by atoms with Crippen LogP contribution in [-0.4, -0.2) is 61.8 Å². The lowest BCUT2D eigenvalue weighted by Gasteiger charge is -2.44. The molecule has 1 saturated carbocycles. The topological polar surface area (TPSA) is 126 Å². The minimum absolute atomic E-state index is 0.00961. The number of likely N-dealkylation sites (N-methyl/N-ethyl adjacent to an activating group) is 1. The van der Waals surface area contributed by atoms with Gasteiger partial charge in [-0.25, -0.2) is 17.8 Å². The van der Waals surface area contributed by atoms with Gasteiger partial charge in [-0.3, -0.25) is 19.5 Å². The SMILES string of the molecule is CC(C)NCCOc1ncc(-c2cc3c4c(cnc3cc2F)N(C)C(=O)C42CC(c3ccccn3)C2)cc1NS(C)(=O)=O. The van der Waals surface area contributed by atoms with E-state index in [2.05, 4.69) is 25.0 Å². The molecule has 4 heterocycles. The fourth-order valence-electron chi connectivity index (χ4n) is 6.19. The van der Waals surface area contributed by atoms with Gasteiger partial charge in [0, 0.05) is 71.8 Å². The highest BCUT2D eigenvalue weighted by Gasteiger charge is 2.59. The van der Waals surface area contributed by atoms with Crippen LogP contribution in [0.1, 0.15) is 43.9 Å². The molecule has 0 unspecified atom stereocenters. The summed E-state index contributed by atoms with van der Waals surface area (Å²) in [5, 5.41) is 3.89. The zero-order valence-corrected chi connectivity index (χ0v) is 25.2. The van der Waals surface area contributed by atoms with E-state index in [1.165, 1.54) is 18.3 Å². The van der Waals surface area contributed by atoms with E-state index in [0.29, 0.717) is 41.5 Å². The number of hydrogen-bond acceptors (Lipinski definition) is 8. The third-order valence-corrected chi connectivity index (χ3v) is 8.73. The van der Waals surface area contributed by atoms with Crippen molar-refractivity contribution in [3.05, 3.63) is 72.1 Å². The summed E-state index contributed by atoms with van der Waals surface area (Å²) in [7, 11) is -1.94. The highest BCUT2D eigenvalue weighted by atomic mass is 32.2. The summed E-state index contributed by atoms with van der Waals surface area (Å²) in [6.45, 7) is 4.81. The number of ether oxygens (including phenoxy) is 1. The number of nitrogens with one attached hydrogen (secondary N) is 2. The molecular formula is C31H33FN6O4S. The summed E-state index contributed by atoms with van der Waals surface area (Å²) < 4.78 is 48.2. The molecule has 1 amide bonds. The molecule has 0 saturated heterocycles. The fourth-order valence-corrected chi connectivity index (χ4v) is 6.73. The quantitative estimate of drug-likeness (QED) is 0.270. The van der Waals surface area contributed by atoms with Crippen LogP contribution in [0.25, 0.3) is 22.0 Å². The van der Waals surface area contributed by atoms with Crippen LogP contribution in [-0.2, 0) is 20.2 Å². The van der Waals surface area contributed by atoms with Crippen molar-refractivity contribution in [1.29, 1.82) is 0 Å². The molecule has 6 rings (SSSR count). The second kappa shape index (κ2) is 10.8. The van der Waals surface area contributed by atoms with Crippen LogP contribution in [0.2, 0.25) is 0 Å². The Bertz CT molecular complexity index is 1830. The largest absolute Gasteiger partial charge is 0.475 e. The summed E-state index contributed by atoms with van der Waals surface area (Å²) in [6.07, 6.45) is 7.05. The molecule has 1 aromatic carbocycles. The first-order valence-corrected chi connectivity index (χ1v) is 16.0. The Hall–Kier alpha value is -4.16. The predicted molar refractivity (Wildman–Crippen MR) is 163 cm³/mol. The van der Waals surface area contributed by atoms with Crippen molar-refractivity contribution in [2.75, 3.05) is 36.1 Å². The van der Waals surface area contributed by atoms with E-state index in [1.807, 2.05) is 32.0 Å². The number of fused-ring (bicyclic) bond motifs is 4. The normalized spacial score (nSPS) is 19.6. The Morgan fingerprint density at radius 1 is 1.14 bits per heavy atom. The lowest BCUT2D eigenvalue weighted by Crippen LogP contribution is -2.48. The molecule has 2 N–H and O–H groups in total. The number of aromatic nitrogens is 3. The summed E-state index contributed by atoms with van der Waals surface area (Å²) in [5.74, 6) is -0.340. The zero-order valence-electron chi connectivity index (χ0n) is 24.4. The van der Waals surface area contributed by atoms with E-state index in [4.69, 9.17) is 4.74 Å². The van der Waals surface area contributed by atoms with Gasteiger partial charge in [0.05, 0.1) is 29.1 Å². The average molecular weight is 605 g/mol. The molecule has 12 heteroatoms. The summed E-state index contributed by atoms with van der Waals surface area (Å²) in [5.41, 5.74) is 2.81. The summed E-state index contributed by atoms with van der Waals surface area (Å²) in [6, 6.07) is 10.6. The Labute approximate surface area is 249 Å². The lowest BCUT2D eigenvalue weighted by atomic mass is 9.57. The van der Waals surface area contributed by atoms with Crippen LogP contribution in [0, 0.1) is 5.82 Å². The van der Waals surface area contributed by atoms with Crippen molar-refractivity contribution in [3.8, 4) is 17.0 Å². The molecule has 1 aliphatic heterocycles. The lowest BCUT2D eigenvalue weighted by molar-refractivity contribution is -0.126. The maximum Gasteiger partial charge on any atom is 0.238 e. The highest BCUT2D eigenvalue weighted by Crippen LogP contribution is 2.60. The number of amides is 1. The molecule has 1 fully saturated rings. The maximum absolute atomic E-state index is 15.6. The Kier molecular flexibility index (Phi) is 7.29. The third kappa shape index (κ3) is 5.29. The van der Waals surface area contributed by atoms with Crippen molar-refractivity contribution in [1.82, 2.24) is 20.3 Å². The van der Waals surface area contributed by atoms with Gasteiger partial charge in [0.1, 0.15) is 18.1 Å². The third-order valence-electron chi connectivity index (χ3n) is 8.14. The Morgan fingerprint density at radius 3 is 2.63 bits per heavy atom. The monoisotopic (exact) mass is 604 g/mol. The summed E-state index contributed by atoms with van der Waals surface area (Å²) >= 11 is 0. The van der Waals surface area contributed by atoms with Crippen molar-refractivity contribution >= 4 is 38.2 Å². The van der Waals surface area contributed by atoms with Crippen LogP contribution in [0.5, 0.6) is 5.88 Å². The van der Waals surface area contributed by atoms with Crippen LogP contribution >= 0.6 is 0 Å². The highest BCUT2D eigenvalue weighted by molar-refractivity contribution is 7.92. The first-order valence-electron chi connectivity index (χ1n) is 14.1. The molecule has 0 radical (unpaired) electrons. The van der Waals surface area contributed by atoms with Crippen molar-refractivity contribution in [2.24, 2.45) is 0 Å². The zero-order chi connectivity index (χ0) is 30.5. The molecule has 4 aromatic rings. The van der Waals surface area contributed by atoms with Gasteiger partial charge in [0.25, 0.3) is 0 Å². The van der Waals surface area contributed by atoms with Gasteiger partial charge >= 0.3 is 0 Å². The molecule has 1 aliphatic carbocycles. The first kappa shape index (κ1) is 28.9. The van der Waals surface area contributed by atoms with Gasteiger partial charge in [-0.2, -0.15) is 0 Å². The molecular weight excluding hydrogens is 571 g/mol. The minimum atomic E-state index is -3.68. The number of carbonyl (C=O) groups is 1. The predicted octanol–water partition coefficient (Wildman–Crippen LogP) is 4.37. The first-order chi connectivity index (χ1) is 20.5. The number of benzene rings is 1. The Balaban J connectivity index is 1.41. The number of sulfonamides is 1. The second-order valence-corrected chi connectivity index (χ2v) is 13.3.